The SMILES string of the molecule is COc1ccc(Cl)cc1-c1cnc2cccnn12. The lowest BCUT2D eigenvalue weighted by Gasteiger charge is -2.07. The quantitative estimate of drug-likeness (QED) is 0.710. The summed E-state index contributed by atoms with van der Waals surface area (Å²) in [6.07, 6.45) is 3.48. The van der Waals surface area contributed by atoms with Gasteiger partial charge in [0.2, 0.25) is 0 Å². The number of fused-ring (bicyclic) bond motifs is 1. The Labute approximate surface area is 109 Å². The molecule has 0 fully saturated rings. The summed E-state index contributed by atoms with van der Waals surface area (Å²) in [7, 11) is 1.63. The minimum absolute atomic E-state index is 0.650. The zero-order chi connectivity index (χ0) is 12.5. The highest BCUT2D eigenvalue weighted by Gasteiger charge is 2.12. The Balaban J connectivity index is 2.29. The zero-order valence-electron chi connectivity index (χ0n) is 9.67. The summed E-state index contributed by atoms with van der Waals surface area (Å²) in [5.41, 5.74) is 2.51. The number of methoxy groups -OCH3 is 1. The van der Waals surface area contributed by atoms with Crippen LogP contribution in [0, 0.1) is 0 Å². The van der Waals surface area contributed by atoms with E-state index >= 15 is 0 Å². The number of benzene rings is 1. The number of aromatic nitrogens is 3. The van der Waals surface area contributed by atoms with E-state index in [1.54, 1.807) is 30.1 Å². The monoisotopic (exact) mass is 259 g/mol. The third-order valence-electron chi connectivity index (χ3n) is 2.72. The first-order valence-electron chi connectivity index (χ1n) is 5.42. The average molecular weight is 260 g/mol. The molecule has 90 valence electrons. The number of halogens is 1. The topological polar surface area (TPSA) is 39.4 Å². The molecule has 2 heterocycles. The molecule has 2 aromatic heterocycles. The van der Waals surface area contributed by atoms with Crippen molar-refractivity contribution in [1.29, 1.82) is 0 Å². The smallest absolute Gasteiger partial charge is 0.154 e. The van der Waals surface area contributed by atoms with Crippen LogP contribution in [0.4, 0.5) is 0 Å². The molecule has 0 aliphatic carbocycles. The van der Waals surface area contributed by atoms with Crippen molar-refractivity contribution in [3.63, 3.8) is 0 Å². The van der Waals surface area contributed by atoms with Crippen LogP contribution in [0.5, 0.6) is 5.75 Å². The largest absolute Gasteiger partial charge is 0.496 e. The fourth-order valence-corrected chi connectivity index (χ4v) is 2.07. The van der Waals surface area contributed by atoms with Crippen molar-refractivity contribution in [3.05, 3.63) is 47.7 Å². The van der Waals surface area contributed by atoms with Crippen LogP contribution in [0.25, 0.3) is 16.9 Å². The molecule has 5 heteroatoms. The molecule has 0 spiro atoms. The number of nitrogens with zero attached hydrogens (tertiary/aromatic N) is 3. The van der Waals surface area contributed by atoms with Crippen LogP contribution in [0.1, 0.15) is 0 Å². The molecule has 0 aliphatic heterocycles. The van der Waals surface area contributed by atoms with E-state index < -0.39 is 0 Å². The van der Waals surface area contributed by atoms with Crippen molar-refractivity contribution in [2.24, 2.45) is 0 Å². The lowest BCUT2D eigenvalue weighted by Crippen LogP contribution is -1.95. The molecular formula is C13H10ClN3O. The minimum Gasteiger partial charge on any atom is -0.496 e. The lowest BCUT2D eigenvalue weighted by atomic mass is 10.1. The second-order valence-corrected chi connectivity index (χ2v) is 4.22. The minimum atomic E-state index is 0.650. The van der Waals surface area contributed by atoms with Gasteiger partial charge < -0.3 is 4.74 Å². The highest BCUT2D eigenvalue weighted by molar-refractivity contribution is 6.30. The van der Waals surface area contributed by atoms with Gasteiger partial charge in [0.25, 0.3) is 0 Å². The summed E-state index contributed by atoms with van der Waals surface area (Å²) >= 11 is 6.04. The van der Waals surface area contributed by atoms with Gasteiger partial charge in [-0.15, -0.1) is 0 Å². The van der Waals surface area contributed by atoms with Crippen molar-refractivity contribution in [1.82, 2.24) is 14.6 Å². The Bertz CT molecular complexity index is 708. The van der Waals surface area contributed by atoms with Gasteiger partial charge in [0.1, 0.15) is 5.75 Å². The van der Waals surface area contributed by atoms with Gasteiger partial charge in [-0.25, -0.2) is 9.50 Å². The molecule has 0 aliphatic rings. The van der Waals surface area contributed by atoms with Crippen LogP contribution in [-0.4, -0.2) is 21.7 Å². The van der Waals surface area contributed by atoms with Crippen molar-refractivity contribution in [2.45, 2.75) is 0 Å². The Hall–Kier alpha value is -2.07. The van der Waals surface area contributed by atoms with Crippen LogP contribution in [0.15, 0.2) is 42.7 Å². The molecule has 3 aromatic rings. The first-order valence-corrected chi connectivity index (χ1v) is 5.80. The van der Waals surface area contributed by atoms with Gasteiger partial charge >= 0.3 is 0 Å². The predicted octanol–water partition coefficient (Wildman–Crippen LogP) is 3.06. The van der Waals surface area contributed by atoms with Crippen LogP contribution >= 0.6 is 11.6 Å². The van der Waals surface area contributed by atoms with Gasteiger partial charge in [-0.05, 0) is 30.3 Å². The lowest BCUT2D eigenvalue weighted by molar-refractivity contribution is 0.416. The first kappa shape index (κ1) is 11.0. The van der Waals surface area contributed by atoms with E-state index in [1.807, 2.05) is 24.3 Å². The molecule has 1 aromatic carbocycles. The maximum absolute atomic E-state index is 6.04. The second-order valence-electron chi connectivity index (χ2n) is 3.78. The molecular weight excluding hydrogens is 250 g/mol. The fraction of sp³-hybridized carbons (Fsp3) is 0.0769. The molecule has 18 heavy (non-hydrogen) atoms. The van der Waals surface area contributed by atoms with E-state index in [2.05, 4.69) is 10.1 Å². The van der Waals surface area contributed by atoms with E-state index in [4.69, 9.17) is 16.3 Å². The summed E-state index contributed by atoms with van der Waals surface area (Å²) in [4.78, 5) is 4.30. The standard InChI is InChI=1S/C13H10ClN3O/c1-18-12-5-4-9(14)7-10(12)11-8-15-13-3-2-6-16-17(11)13/h2-8H,1H3. The Morgan fingerprint density at radius 1 is 1.28 bits per heavy atom. The number of hydrogen-bond acceptors (Lipinski definition) is 3. The highest BCUT2D eigenvalue weighted by atomic mass is 35.5. The molecule has 0 atom stereocenters. The summed E-state index contributed by atoms with van der Waals surface area (Å²) in [5.74, 6) is 0.742. The molecule has 3 rings (SSSR count). The molecule has 0 saturated carbocycles. The van der Waals surface area contributed by atoms with Gasteiger partial charge in [-0.1, -0.05) is 11.6 Å². The summed E-state index contributed by atoms with van der Waals surface area (Å²) in [6.45, 7) is 0. The predicted molar refractivity (Wildman–Crippen MR) is 70.0 cm³/mol. The molecule has 0 bridgehead atoms. The van der Waals surface area contributed by atoms with E-state index in [1.165, 1.54) is 0 Å². The molecule has 0 N–H and O–H groups in total. The molecule has 0 radical (unpaired) electrons. The Morgan fingerprint density at radius 3 is 3.00 bits per heavy atom. The molecule has 4 nitrogen and oxygen atoms in total. The second kappa shape index (κ2) is 4.31. The Morgan fingerprint density at radius 2 is 2.17 bits per heavy atom. The summed E-state index contributed by atoms with van der Waals surface area (Å²) in [6, 6.07) is 9.22. The Kier molecular flexibility index (Phi) is 2.64. The molecule has 0 saturated heterocycles. The van der Waals surface area contributed by atoms with Gasteiger partial charge in [-0.2, -0.15) is 5.10 Å². The van der Waals surface area contributed by atoms with Crippen LogP contribution in [-0.2, 0) is 0 Å². The first-order chi connectivity index (χ1) is 8.79. The van der Waals surface area contributed by atoms with E-state index in [0.29, 0.717) is 5.02 Å². The number of hydrogen-bond donors (Lipinski definition) is 0. The van der Waals surface area contributed by atoms with E-state index in [-0.39, 0.29) is 0 Å². The number of imidazole rings is 1. The van der Waals surface area contributed by atoms with E-state index in [9.17, 15) is 0 Å². The number of ether oxygens (including phenoxy) is 1. The summed E-state index contributed by atoms with van der Waals surface area (Å²) in [5, 5.41) is 4.93. The summed E-state index contributed by atoms with van der Waals surface area (Å²) < 4.78 is 7.10. The van der Waals surface area contributed by atoms with Gasteiger partial charge in [0.05, 0.1) is 19.0 Å². The zero-order valence-corrected chi connectivity index (χ0v) is 10.4. The fourth-order valence-electron chi connectivity index (χ4n) is 1.89. The molecule has 0 amide bonds. The van der Waals surface area contributed by atoms with Gasteiger partial charge in [-0.3, -0.25) is 0 Å². The maximum atomic E-state index is 6.04. The van der Waals surface area contributed by atoms with Crippen LogP contribution in [0.3, 0.4) is 0 Å². The van der Waals surface area contributed by atoms with Crippen molar-refractivity contribution >= 4 is 17.2 Å². The average Bonchev–Trinajstić information content (AvgIpc) is 2.82. The third-order valence-corrected chi connectivity index (χ3v) is 2.95. The highest BCUT2D eigenvalue weighted by Crippen LogP contribution is 2.32. The third kappa shape index (κ3) is 1.71. The molecule has 0 unspecified atom stereocenters. The van der Waals surface area contributed by atoms with Crippen molar-refractivity contribution in [2.75, 3.05) is 7.11 Å². The van der Waals surface area contributed by atoms with E-state index in [0.717, 1.165) is 22.7 Å². The van der Waals surface area contributed by atoms with Gasteiger partial charge in [0, 0.05) is 16.8 Å². The van der Waals surface area contributed by atoms with Crippen molar-refractivity contribution in [3.8, 4) is 17.0 Å². The van der Waals surface area contributed by atoms with Crippen LogP contribution in [0.2, 0.25) is 5.02 Å². The normalized spacial score (nSPS) is 10.8. The maximum Gasteiger partial charge on any atom is 0.154 e. The van der Waals surface area contributed by atoms with Crippen LogP contribution < -0.4 is 4.74 Å². The van der Waals surface area contributed by atoms with Crippen molar-refractivity contribution < 1.29 is 4.74 Å². The number of rotatable bonds is 2. The van der Waals surface area contributed by atoms with Gasteiger partial charge in [0.15, 0.2) is 5.65 Å².